The highest BCUT2D eigenvalue weighted by Gasteiger charge is 2.09. The molecule has 0 radical (unpaired) electrons. The summed E-state index contributed by atoms with van der Waals surface area (Å²) in [5, 5.41) is 2.66. The van der Waals surface area contributed by atoms with Gasteiger partial charge in [-0.05, 0) is 58.7 Å². The van der Waals surface area contributed by atoms with Crippen LogP contribution in [-0.4, -0.2) is 5.91 Å². The fourth-order valence-corrected chi connectivity index (χ4v) is 2.72. The van der Waals surface area contributed by atoms with Gasteiger partial charge in [0.25, 0.3) is 5.91 Å². The second-order valence-corrected chi connectivity index (χ2v) is 6.04. The Morgan fingerprint density at radius 2 is 2.12 bits per heavy atom. The number of carbonyl (C=O) groups is 1. The van der Waals surface area contributed by atoms with Crippen LogP contribution in [0.5, 0.6) is 0 Å². The minimum atomic E-state index is -0.354. The van der Waals surface area contributed by atoms with E-state index in [0.29, 0.717) is 10.6 Å². The van der Waals surface area contributed by atoms with Crippen molar-refractivity contribution >= 4 is 38.9 Å². The van der Waals surface area contributed by atoms with Crippen LogP contribution >= 0.6 is 27.3 Å². The quantitative estimate of drug-likeness (QED) is 0.884. The Bertz CT molecular complexity index is 547. The zero-order valence-corrected chi connectivity index (χ0v) is 11.4. The molecule has 1 N–H and O–H groups in total. The van der Waals surface area contributed by atoms with E-state index in [0.717, 1.165) is 9.35 Å². The van der Waals surface area contributed by atoms with E-state index in [9.17, 15) is 9.18 Å². The summed E-state index contributed by atoms with van der Waals surface area (Å²) in [6.45, 7) is 1.78. The molecule has 0 saturated heterocycles. The number of anilines is 1. The topological polar surface area (TPSA) is 29.1 Å². The number of carbonyl (C=O) groups excluding carboxylic acids is 1. The van der Waals surface area contributed by atoms with E-state index in [4.69, 9.17) is 0 Å². The van der Waals surface area contributed by atoms with Crippen LogP contribution in [-0.2, 0) is 0 Å². The lowest BCUT2D eigenvalue weighted by atomic mass is 10.2. The molecule has 1 amide bonds. The predicted octanol–water partition coefficient (Wildman–Crippen LogP) is 4.21. The molecule has 2 rings (SSSR count). The van der Waals surface area contributed by atoms with Gasteiger partial charge in [0, 0.05) is 5.69 Å². The molecule has 0 spiro atoms. The van der Waals surface area contributed by atoms with Crippen molar-refractivity contribution in [3.63, 3.8) is 0 Å². The summed E-state index contributed by atoms with van der Waals surface area (Å²) in [6, 6.07) is 7.96. The summed E-state index contributed by atoms with van der Waals surface area (Å²) in [6.07, 6.45) is 0. The molecule has 0 aliphatic rings. The SMILES string of the molecule is Cc1cc(F)cc(NC(=O)c2ccc(Br)s2)c1. The van der Waals surface area contributed by atoms with Crippen LogP contribution in [0.25, 0.3) is 0 Å². The highest BCUT2D eigenvalue weighted by Crippen LogP contribution is 2.23. The Morgan fingerprint density at radius 3 is 2.71 bits per heavy atom. The second kappa shape index (κ2) is 4.98. The third-order valence-corrected chi connectivity index (χ3v) is 3.72. The van der Waals surface area contributed by atoms with Gasteiger partial charge in [0.15, 0.2) is 0 Å². The molecule has 1 aromatic heterocycles. The standard InChI is InChI=1S/C12H9BrFNOS/c1-7-4-8(14)6-9(5-7)15-12(16)10-2-3-11(13)17-10/h2-6H,1H3,(H,15,16). The zero-order valence-electron chi connectivity index (χ0n) is 8.96. The van der Waals surface area contributed by atoms with Crippen LogP contribution in [0.3, 0.4) is 0 Å². The van der Waals surface area contributed by atoms with Gasteiger partial charge in [-0.15, -0.1) is 11.3 Å². The Balaban J connectivity index is 2.18. The maximum atomic E-state index is 13.1. The van der Waals surface area contributed by atoms with E-state index >= 15 is 0 Å². The third kappa shape index (κ3) is 3.14. The lowest BCUT2D eigenvalue weighted by molar-refractivity contribution is 0.103. The zero-order chi connectivity index (χ0) is 12.4. The molecule has 2 aromatic rings. The van der Waals surface area contributed by atoms with Gasteiger partial charge in [-0.1, -0.05) is 0 Å². The van der Waals surface area contributed by atoms with Crippen molar-refractivity contribution < 1.29 is 9.18 Å². The highest BCUT2D eigenvalue weighted by atomic mass is 79.9. The molecule has 88 valence electrons. The van der Waals surface area contributed by atoms with Gasteiger partial charge in [0.05, 0.1) is 8.66 Å². The summed E-state index contributed by atoms with van der Waals surface area (Å²) >= 11 is 4.62. The maximum Gasteiger partial charge on any atom is 0.265 e. The second-order valence-electron chi connectivity index (χ2n) is 3.58. The Kier molecular flexibility index (Phi) is 3.59. The summed E-state index contributed by atoms with van der Waals surface area (Å²) < 4.78 is 14.0. The van der Waals surface area contributed by atoms with E-state index in [1.165, 1.54) is 23.5 Å². The largest absolute Gasteiger partial charge is 0.321 e. The molecular weight excluding hydrogens is 305 g/mol. The summed E-state index contributed by atoms with van der Waals surface area (Å²) in [5.74, 6) is -0.585. The predicted molar refractivity (Wildman–Crippen MR) is 71.1 cm³/mol. The Morgan fingerprint density at radius 1 is 1.35 bits per heavy atom. The molecule has 0 saturated carbocycles. The monoisotopic (exact) mass is 313 g/mol. The first-order valence-electron chi connectivity index (χ1n) is 4.88. The molecule has 1 aromatic carbocycles. The van der Waals surface area contributed by atoms with E-state index in [-0.39, 0.29) is 11.7 Å². The van der Waals surface area contributed by atoms with Gasteiger partial charge in [0.2, 0.25) is 0 Å². The van der Waals surface area contributed by atoms with Crippen LogP contribution in [0.2, 0.25) is 0 Å². The molecule has 2 nitrogen and oxygen atoms in total. The van der Waals surface area contributed by atoms with Crippen molar-refractivity contribution in [1.82, 2.24) is 0 Å². The van der Waals surface area contributed by atoms with Crippen molar-refractivity contribution in [2.75, 3.05) is 5.32 Å². The molecule has 0 atom stereocenters. The average Bonchev–Trinajstić information content (AvgIpc) is 2.63. The number of rotatable bonds is 2. The molecule has 0 aliphatic heterocycles. The molecule has 0 unspecified atom stereocenters. The van der Waals surface area contributed by atoms with Crippen molar-refractivity contribution in [1.29, 1.82) is 0 Å². The smallest absolute Gasteiger partial charge is 0.265 e. The van der Waals surface area contributed by atoms with Crippen molar-refractivity contribution in [2.45, 2.75) is 6.92 Å². The van der Waals surface area contributed by atoms with Crippen molar-refractivity contribution in [3.05, 3.63) is 50.4 Å². The number of hydrogen-bond donors (Lipinski definition) is 1. The lowest BCUT2D eigenvalue weighted by Gasteiger charge is -2.04. The summed E-state index contributed by atoms with van der Waals surface area (Å²) in [5.41, 5.74) is 1.24. The van der Waals surface area contributed by atoms with Gasteiger partial charge in [-0.2, -0.15) is 0 Å². The first-order valence-corrected chi connectivity index (χ1v) is 6.49. The first-order chi connectivity index (χ1) is 8.04. The van der Waals surface area contributed by atoms with Gasteiger partial charge < -0.3 is 5.32 Å². The Labute approximate surface area is 111 Å². The number of hydrogen-bond acceptors (Lipinski definition) is 2. The molecule has 17 heavy (non-hydrogen) atoms. The maximum absolute atomic E-state index is 13.1. The minimum Gasteiger partial charge on any atom is -0.321 e. The van der Waals surface area contributed by atoms with E-state index in [1.54, 1.807) is 25.1 Å². The summed E-state index contributed by atoms with van der Waals surface area (Å²) in [4.78, 5) is 12.4. The highest BCUT2D eigenvalue weighted by molar-refractivity contribution is 9.11. The van der Waals surface area contributed by atoms with Gasteiger partial charge in [0.1, 0.15) is 5.82 Å². The molecule has 0 fully saturated rings. The van der Waals surface area contributed by atoms with E-state index in [1.807, 2.05) is 0 Å². The van der Waals surface area contributed by atoms with E-state index < -0.39 is 0 Å². The third-order valence-electron chi connectivity index (χ3n) is 2.10. The van der Waals surface area contributed by atoms with E-state index in [2.05, 4.69) is 21.2 Å². The number of halogens is 2. The average molecular weight is 314 g/mol. The van der Waals surface area contributed by atoms with Crippen LogP contribution in [0, 0.1) is 12.7 Å². The van der Waals surface area contributed by atoms with Crippen LogP contribution in [0.1, 0.15) is 15.2 Å². The first kappa shape index (κ1) is 12.3. The van der Waals surface area contributed by atoms with Gasteiger partial charge >= 0.3 is 0 Å². The molecular formula is C12H9BrFNOS. The lowest BCUT2D eigenvalue weighted by Crippen LogP contribution is -2.10. The van der Waals surface area contributed by atoms with Crippen molar-refractivity contribution in [3.8, 4) is 0 Å². The summed E-state index contributed by atoms with van der Waals surface area (Å²) in [7, 11) is 0. The number of nitrogens with one attached hydrogen (secondary N) is 1. The number of thiophene rings is 1. The number of benzene rings is 1. The van der Waals surface area contributed by atoms with Crippen LogP contribution in [0.15, 0.2) is 34.1 Å². The molecule has 5 heteroatoms. The fraction of sp³-hybridized carbons (Fsp3) is 0.0833. The fourth-order valence-electron chi connectivity index (χ4n) is 1.44. The van der Waals surface area contributed by atoms with Gasteiger partial charge in [-0.25, -0.2) is 4.39 Å². The van der Waals surface area contributed by atoms with Gasteiger partial charge in [-0.3, -0.25) is 4.79 Å². The number of aryl methyl sites for hydroxylation is 1. The molecule has 1 heterocycles. The Hall–Kier alpha value is -1.20. The molecule has 0 bridgehead atoms. The van der Waals surface area contributed by atoms with Crippen LogP contribution < -0.4 is 5.32 Å². The minimum absolute atomic E-state index is 0.231. The van der Waals surface area contributed by atoms with Crippen molar-refractivity contribution in [2.24, 2.45) is 0 Å². The van der Waals surface area contributed by atoms with Crippen LogP contribution in [0.4, 0.5) is 10.1 Å². The normalized spacial score (nSPS) is 10.3. The molecule has 0 aliphatic carbocycles. The number of amides is 1.